The van der Waals surface area contributed by atoms with Crippen LogP contribution in [0.5, 0.6) is 0 Å². The minimum Gasteiger partial charge on any atom is -0.413 e. The van der Waals surface area contributed by atoms with E-state index in [0.29, 0.717) is 23.4 Å². The molecule has 3 rings (SSSR count). The van der Waals surface area contributed by atoms with Crippen molar-refractivity contribution in [3.8, 4) is 0 Å². The Labute approximate surface area is 231 Å². The molecule has 0 saturated carbocycles. The van der Waals surface area contributed by atoms with Gasteiger partial charge in [0.25, 0.3) is 0 Å². The number of hydrogen-bond donors (Lipinski definition) is 1. The number of rotatable bonds is 6. The summed E-state index contributed by atoms with van der Waals surface area (Å²) in [5, 5.41) is 18.0. The molecule has 200 valence electrons. The number of alkyl halides is 3. The van der Waals surface area contributed by atoms with Crippen molar-refractivity contribution in [1.82, 2.24) is 19.6 Å². The van der Waals surface area contributed by atoms with Gasteiger partial charge in [-0.05, 0) is 60.8 Å². The fraction of sp³-hybridized carbons (Fsp3) is 0.538. The van der Waals surface area contributed by atoms with E-state index in [2.05, 4.69) is 62.9 Å². The smallest absolute Gasteiger partial charge is 0.413 e. The van der Waals surface area contributed by atoms with E-state index in [0.717, 1.165) is 21.9 Å². The van der Waals surface area contributed by atoms with Gasteiger partial charge in [-0.1, -0.05) is 34.1 Å². The molecule has 37 heavy (non-hydrogen) atoms. The van der Waals surface area contributed by atoms with Crippen LogP contribution in [0.2, 0.25) is 18.1 Å². The molecular weight excluding hydrogens is 492 g/mol. The summed E-state index contributed by atoms with van der Waals surface area (Å²) in [7, 11) is -1.96. The second-order valence-corrected chi connectivity index (χ2v) is 15.3. The van der Waals surface area contributed by atoms with Gasteiger partial charge in [-0.15, -0.1) is 10.2 Å². The summed E-state index contributed by atoms with van der Waals surface area (Å²) in [4.78, 5) is 4.36. The first-order valence-electron chi connectivity index (χ1n) is 12.0. The number of aromatic nitrogens is 4. The molecule has 0 aliphatic rings. The maximum Gasteiger partial charge on any atom is 1.00 e. The predicted octanol–water partition coefficient (Wildman–Crippen LogP) is 3.99. The standard InChI is InChI=1S/C22H29F3N4O2Si.C4H9.Li/c1-13-11-26-17(10-15(13)12-31-32(6,7)21(3,4)5)18(30)16-8-9-29-19(14(16)2)27-28-20(29)22(23,24)25;1-3-4-2;/h8-11,18,30H,12H2,1-7H3;1,3-4H2,2H3;/q;-1;+1. The van der Waals surface area contributed by atoms with Crippen LogP contribution in [-0.4, -0.2) is 33.0 Å². The van der Waals surface area contributed by atoms with Crippen molar-refractivity contribution < 1.29 is 41.6 Å². The number of hydrogen-bond acceptors (Lipinski definition) is 5. The van der Waals surface area contributed by atoms with Crippen LogP contribution in [-0.2, 0) is 17.2 Å². The first-order valence-corrected chi connectivity index (χ1v) is 14.9. The van der Waals surface area contributed by atoms with E-state index in [1.54, 1.807) is 19.2 Å². The summed E-state index contributed by atoms with van der Waals surface area (Å²) < 4.78 is 46.6. The van der Waals surface area contributed by atoms with E-state index >= 15 is 0 Å². The van der Waals surface area contributed by atoms with Gasteiger partial charge in [-0.3, -0.25) is 9.38 Å². The van der Waals surface area contributed by atoms with Crippen molar-refractivity contribution in [3.63, 3.8) is 0 Å². The average Bonchev–Trinajstić information content (AvgIpc) is 3.23. The van der Waals surface area contributed by atoms with Crippen molar-refractivity contribution in [3.05, 3.63) is 65.2 Å². The minimum absolute atomic E-state index is 0. The number of pyridine rings is 2. The molecule has 6 nitrogen and oxygen atoms in total. The van der Waals surface area contributed by atoms with Crippen molar-refractivity contribution in [1.29, 1.82) is 0 Å². The van der Waals surface area contributed by atoms with E-state index in [1.807, 2.05) is 6.92 Å². The van der Waals surface area contributed by atoms with Crippen molar-refractivity contribution >= 4 is 14.0 Å². The quantitative estimate of drug-likeness (QED) is 0.386. The average molecular weight is 531 g/mol. The molecule has 3 aromatic heterocycles. The Morgan fingerprint density at radius 1 is 1.16 bits per heavy atom. The van der Waals surface area contributed by atoms with Crippen LogP contribution < -0.4 is 18.9 Å². The third-order valence-electron chi connectivity index (χ3n) is 6.68. The molecule has 0 fully saturated rings. The zero-order valence-electron chi connectivity index (χ0n) is 23.5. The van der Waals surface area contributed by atoms with Gasteiger partial charge < -0.3 is 16.5 Å². The maximum atomic E-state index is 13.1. The van der Waals surface area contributed by atoms with E-state index in [-0.39, 0.29) is 29.5 Å². The zero-order valence-corrected chi connectivity index (χ0v) is 24.5. The number of aliphatic hydroxyl groups is 1. The third kappa shape index (κ3) is 7.90. The predicted molar refractivity (Wildman–Crippen MR) is 138 cm³/mol. The molecule has 1 unspecified atom stereocenters. The number of aliphatic hydroxyl groups excluding tert-OH is 1. The van der Waals surface area contributed by atoms with Crippen molar-refractivity contribution in [2.45, 2.75) is 91.4 Å². The number of nitrogens with zero attached hydrogens (tertiary/aromatic N) is 4. The van der Waals surface area contributed by atoms with Gasteiger partial charge >= 0.3 is 25.0 Å². The van der Waals surface area contributed by atoms with Crippen LogP contribution in [0.4, 0.5) is 13.2 Å². The van der Waals surface area contributed by atoms with E-state index in [9.17, 15) is 18.3 Å². The molecule has 0 saturated heterocycles. The summed E-state index contributed by atoms with van der Waals surface area (Å²) in [5.41, 5.74) is 3.13. The third-order valence-corrected chi connectivity index (χ3v) is 11.2. The number of fused-ring (bicyclic) bond motifs is 1. The van der Waals surface area contributed by atoms with E-state index < -0.39 is 26.4 Å². The van der Waals surface area contributed by atoms with Crippen LogP contribution >= 0.6 is 0 Å². The molecule has 3 aromatic rings. The SMILES string of the molecule is Cc1cnc(C(O)c2ccn3c(C(F)(F)F)nnc3c2C)cc1CO[Si](C)(C)C(C)(C)C.[CH2-]CCC.[Li+]. The largest absolute Gasteiger partial charge is 1.00 e. The summed E-state index contributed by atoms with van der Waals surface area (Å²) >= 11 is 0. The zero-order chi connectivity index (χ0) is 27.5. The van der Waals surface area contributed by atoms with Crippen LogP contribution in [0.1, 0.15) is 80.4 Å². The Kier molecular flexibility index (Phi) is 11.6. The van der Waals surface area contributed by atoms with Gasteiger partial charge in [-0.2, -0.15) is 19.6 Å². The molecule has 0 bridgehead atoms. The molecule has 0 radical (unpaired) electrons. The fourth-order valence-corrected chi connectivity index (χ4v) is 4.06. The van der Waals surface area contributed by atoms with Crippen LogP contribution in [0, 0.1) is 20.8 Å². The van der Waals surface area contributed by atoms with Gasteiger partial charge in [0, 0.05) is 18.0 Å². The first-order chi connectivity index (χ1) is 16.5. The van der Waals surface area contributed by atoms with Crippen molar-refractivity contribution in [2.75, 3.05) is 0 Å². The Balaban J connectivity index is 0.00000127. The Morgan fingerprint density at radius 2 is 1.76 bits per heavy atom. The van der Waals surface area contributed by atoms with Crippen molar-refractivity contribution in [2.24, 2.45) is 0 Å². The maximum absolute atomic E-state index is 13.1. The molecule has 11 heteroatoms. The summed E-state index contributed by atoms with van der Waals surface area (Å²) in [6, 6.07) is 3.24. The molecule has 0 aliphatic heterocycles. The second-order valence-electron chi connectivity index (χ2n) is 10.5. The summed E-state index contributed by atoms with van der Waals surface area (Å²) in [6.07, 6.45) is -0.573. The van der Waals surface area contributed by atoms with Crippen LogP contribution in [0.3, 0.4) is 0 Å². The summed E-state index contributed by atoms with van der Waals surface area (Å²) in [6.45, 7) is 20.5. The van der Waals surface area contributed by atoms with E-state index in [1.165, 1.54) is 18.7 Å². The normalized spacial score (nSPS) is 13.1. The van der Waals surface area contributed by atoms with Gasteiger partial charge in [0.05, 0.1) is 12.3 Å². The molecule has 3 heterocycles. The van der Waals surface area contributed by atoms with E-state index in [4.69, 9.17) is 4.43 Å². The first kappa shape index (κ1) is 33.3. The number of aryl methyl sites for hydroxylation is 2. The molecule has 0 spiro atoms. The molecular formula is C26H38F3LiN4O2Si. The van der Waals surface area contributed by atoms with Gasteiger partial charge in [0.15, 0.2) is 14.0 Å². The monoisotopic (exact) mass is 530 g/mol. The Morgan fingerprint density at radius 3 is 2.27 bits per heavy atom. The fourth-order valence-electron chi connectivity index (χ4n) is 3.11. The van der Waals surface area contributed by atoms with Gasteiger partial charge in [-0.25, -0.2) is 0 Å². The topological polar surface area (TPSA) is 72.5 Å². The molecule has 0 aromatic carbocycles. The summed E-state index contributed by atoms with van der Waals surface area (Å²) in [5.74, 6) is -1.10. The molecule has 1 atom stereocenters. The van der Waals surface area contributed by atoms with Crippen LogP contribution in [0.25, 0.3) is 5.65 Å². The number of halogens is 3. The van der Waals surface area contributed by atoms with Gasteiger partial charge in [0.1, 0.15) is 6.10 Å². The second kappa shape index (κ2) is 12.9. The number of unbranched alkanes of at least 4 members (excludes halogenated alkanes) is 1. The molecule has 0 amide bonds. The molecule has 0 aliphatic carbocycles. The van der Waals surface area contributed by atoms with Crippen LogP contribution in [0.15, 0.2) is 24.5 Å². The molecule has 1 N–H and O–H groups in total. The Bertz CT molecular complexity index is 1180. The minimum atomic E-state index is -4.62. The van der Waals surface area contributed by atoms with Gasteiger partial charge in [0.2, 0.25) is 5.82 Å². The Hall–Kier alpha value is -1.71.